The number of primary amides is 1. The first kappa shape index (κ1) is 44.8. The molecule has 1 aromatic heterocycles. The van der Waals surface area contributed by atoms with E-state index >= 15 is 0 Å². The molecule has 6 amide bonds. The van der Waals surface area contributed by atoms with Gasteiger partial charge in [0.05, 0.1) is 18.7 Å². The van der Waals surface area contributed by atoms with Gasteiger partial charge in [-0.3, -0.25) is 38.6 Å². The number of amides is 6. The summed E-state index contributed by atoms with van der Waals surface area (Å²) in [6.45, 7) is 3.20. The molecule has 2 bridgehead atoms. The molecule has 1 aliphatic heterocycles. The number of carboxylic acid groups (broad SMARTS) is 1. The standard InChI is InChI=1S/C34H49N11O9S2/c1-17(2)10-22-30(52)44-25(28(35)50)16-55-14-19-15-56-34(40-19)45-21(4-3-9-38-33(36)37)29(51)39-13-26(47)41-24(12-27(48)49)32(54)43-23(31(53)42-22)11-18-5-7-20(46)8-6-18/h5-8,15,17,21-25,46H,3-4,9-14,16H2,1-2H3,(H2,35,50)(H,39,51)(H,40,45)(H,41,47)(H,42,53)(H,43,54)(H,44,52)(H,48,49)(H4,36,37,38)/t21-,22-,23-,24-,25?/m0/s1. The third kappa shape index (κ3) is 15.6. The number of aliphatic carboxylic acids is 1. The van der Waals surface area contributed by atoms with Gasteiger partial charge in [-0.05, 0) is 42.9 Å². The number of phenols is 1. The Bertz CT molecular complexity index is 1740. The van der Waals surface area contributed by atoms with Crippen LogP contribution >= 0.6 is 23.1 Å². The van der Waals surface area contributed by atoms with Crippen molar-refractivity contribution in [3.63, 3.8) is 0 Å². The summed E-state index contributed by atoms with van der Waals surface area (Å²) in [4.78, 5) is 100. The Morgan fingerprint density at radius 2 is 1.55 bits per heavy atom. The molecule has 5 atom stereocenters. The first-order valence-electron chi connectivity index (χ1n) is 17.6. The minimum Gasteiger partial charge on any atom is -0.508 e. The summed E-state index contributed by atoms with van der Waals surface area (Å²) in [6, 6.07) is -0.625. The Hall–Kier alpha value is -5.64. The van der Waals surface area contributed by atoms with Crippen molar-refractivity contribution in [2.45, 2.75) is 81.9 Å². The van der Waals surface area contributed by atoms with Gasteiger partial charge in [-0.15, -0.1) is 11.3 Å². The smallest absolute Gasteiger partial charge is 0.305 e. The third-order valence-electron chi connectivity index (χ3n) is 8.11. The molecule has 0 saturated heterocycles. The van der Waals surface area contributed by atoms with Crippen molar-refractivity contribution in [2.75, 3.05) is 24.2 Å². The minimum absolute atomic E-state index is 0.0585. The molecule has 20 nitrogen and oxygen atoms in total. The number of thiazole rings is 1. The van der Waals surface area contributed by atoms with E-state index in [1.807, 2.05) is 13.8 Å². The third-order valence-corrected chi connectivity index (χ3v) is 10.00. The number of carboxylic acids is 1. The molecule has 0 saturated carbocycles. The van der Waals surface area contributed by atoms with Crippen LogP contribution in [0.15, 0.2) is 34.6 Å². The molecule has 2 heterocycles. The number of fused-ring (bicyclic) bond motifs is 2. The summed E-state index contributed by atoms with van der Waals surface area (Å²) >= 11 is 2.47. The summed E-state index contributed by atoms with van der Waals surface area (Å²) in [6.07, 6.45) is -0.357. The average Bonchev–Trinajstić information content (AvgIpc) is 3.57. The van der Waals surface area contributed by atoms with Crippen LogP contribution in [0.3, 0.4) is 0 Å². The van der Waals surface area contributed by atoms with E-state index in [0.717, 1.165) is 0 Å². The van der Waals surface area contributed by atoms with Crippen molar-refractivity contribution >= 4 is 75.6 Å². The Labute approximate surface area is 331 Å². The van der Waals surface area contributed by atoms with E-state index in [0.29, 0.717) is 28.6 Å². The first-order valence-corrected chi connectivity index (χ1v) is 19.6. The second-order valence-corrected chi connectivity index (χ2v) is 15.2. The van der Waals surface area contributed by atoms with Crippen LogP contribution in [-0.2, 0) is 45.7 Å². The number of aromatic nitrogens is 1. The fraction of sp³-hybridized carbons (Fsp3) is 0.500. The Kier molecular flexibility index (Phi) is 17.6. The van der Waals surface area contributed by atoms with Crippen LogP contribution in [0.1, 0.15) is 50.8 Å². The van der Waals surface area contributed by atoms with Gasteiger partial charge < -0.3 is 59.3 Å². The van der Waals surface area contributed by atoms with Crippen molar-refractivity contribution in [2.24, 2.45) is 28.1 Å². The normalized spacial score (nSPS) is 22.0. The van der Waals surface area contributed by atoms with Crippen LogP contribution in [0.4, 0.5) is 5.13 Å². The second kappa shape index (κ2) is 22.0. The molecule has 14 N–H and O–H groups in total. The van der Waals surface area contributed by atoms with Gasteiger partial charge in [0.25, 0.3) is 0 Å². The van der Waals surface area contributed by atoms with Crippen molar-refractivity contribution in [1.29, 1.82) is 0 Å². The lowest BCUT2D eigenvalue weighted by Gasteiger charge is -2.27. The van der Waals surface area contributed by atoms with Gasteiger partial charge in [-0.2, -0.15) is 11.8 Å². The molecular formula is C34H49N11O9S2. The second-order valence-electron chi connectivity index (χ2n) is 13.3. The average molecular weight is 820 g/mol. The fourth-order valence-electron chi connectivity index (χ4n) is 5.35. The van der Waals surface area contributed by atoms with Gasteiger partial charge in [0.1, 0.15) is 36.0 Å². The molecule has 1 aromatic carbocycles. The van der Waals surface area contributed by atoms with Gasteiger partial charge in [-0.1, -0.05) is 26.0 Å². The molecule has 2 aromatic rings. The van der Waals surface area contributed by atoms with E-state index in [1.165, 1.54) is 47.4 Å². The van der Waals surface area contributed by atoms with E-state index in [2.05, 4.69) is 41.9 Å². The van der Waals surface area contributed by atoms with Crippen LogP contribution in [0.25, 0.3) is 0 Å². The van der Waals surface area contributed by atoms with E-state index in [-0.39, 0.29) is 49.2 Å². The predicted molar refractivity (Wildman–Crippen MR) is 209 cm³/mol. The monoisotopic (exact) mass is 819 g/mol. The van der Waals surface area contributed by atoms with Crippen molar-refractivity contribution in [3.8, 4) is 5.75 Å². The van der Waals surface area contributed by atoms with Gasteiger partial charge in [0.2, 0.25) is 35.4 Å². The van der Waals surface area contributed by atoms with Crippen LogP contribution < -0.4 is 49.1 Å². The highest BCUT2D eigenvalue weighted by Crippen LogP contribution is 2.22. The highest BCUT2D eigenvalue weighted by Gasteiger charge is 2.33. The molecule has 0 fully saturated rings. The van der Waals surface area contributed by atoms with Crippen LogP contribution in [0, 0.1) is 5.92 Å². The number of hydrogen-bond acceptors (Lipinski definition) is 13. The summed E-state index contributed by atoms with van der Waals surface area (Å²) in [5.74, 6) is -6.30. The lowest BCUT2D eigenvalue weighted by atomic mass is 10.0. The number of thioether (sulfide) groups is 1. The zero-order valence-electron chi connectivity index (χ0n) is 30.9. The highest BCUT2D eigenvalue weighted by atomic mass is 32.2. The number of nitrogens with zero attached hydrogens (tertiary/aromatic N) is 2. The van der Waals surface area contributed by atoms with Crippen LogP contribution in [0.5, 0.6) is 5.75 Å². The summed E-state index contributed by atoms with van der Waals surface area (Å²) in [7, 11) is 0. The number of carbonyl (C=O) groups is 7. The van der Waals surface area contributed by atoms with Crippen molar-refractivity contribution in [1.82, 2.24) is 31.6 Å². The molecule has 22 heteroatoms. The Balaban J connectivity index is 1.98. The quantitative estimate of drug-likeness (QED) is 0.0680. The molecule has 1 aliphatic rings. The summed E-state index contributed by atoms with van der Waals surface area (Å²) in [5.41, 5.74) is 17.5. The number of anilines is 1. The Morgan fingerprint density at radius 1 is 0.893 bits per heavy atom. The van der Waals surface area contributed by atoms with Gasteiger partial charge >= 0.3 is 5.97 Å². The van der Waals surface area contributed by atoms with Crippen LogP contribution in [0.2, 0.25) is 0 Å². The number of nitrogens with one attached hydrogen (secondary N) is 6. The number of phenolic OH excluding ortho intramolecular Hbond substituents is 1. The molecule has 1 unspecified atom stereocenters. The predicted octanol–water partition coefficient (Wildman–Crippen LogP) is -1.77. The van der Waals surface area contributed by atoms with E-state index in [4.69, 9.17) is 17.2 Å². The molecule has 0 aliphatic carbocycles. The minimum atomic E-state index is -1.69. The SMILES string of the molecule is CC(C)C[C@@H]1NC(=O)[C@H](Cc2ccc(O)cc2)NC(=O)[C@H](CC(=O)O)NC(=O)CNC(=O)[C@H](CCCN=C(N)N)Nc2nc(cs2)CSCC(C(N)=O)NC1=O. The molecule has 306 valence electrons. The highest BCUT2D eigenvalue weighted by molar-refractivity contribution is 7.98. The molecular weight excluding hydrogens is 771 g/mol. The molecule has 3 rings (SSSR count). The summed E-state index contributed by atoms with van der Waals surface area (Å²) in [5, 5.41) is 37.1. The maximum Gasteiger partial charge on any atom is 0.305 e. The number of benzene rings is 1. The van der Waals surface area contributed by atoms with Crippen molar-refractivity contribution in [3.05, 3.63) is 40.9 Å². The zero-order chi connectivity index (χ0) is 41.4. The maximum atomic E-state index is 13.9. The van der Waals surface area contributed by atoms with E-state index in [9.17, 15) is 43.8 Å². The molecule has 56 heavy (non-hydrogen) atoms. The number of aromatic hydroxyl groups is 1. The molecule has 0 radical (unpaired) electrons. The largest absolute Gasteiger partial charge is 0.508 e. The van der Waals surface area contributed by atoms with Crippen molar-refractivity contribution < 1.29 is 43.8 Å². The topological polar surface area (TPSA) is 335 Å². The fourth-order valence-corrected chi connectivity index (χ4v) is 7.18. The van der Waals surface area contributed by atoms with Crippen LogP contribution in [-0.4, -0.2) is 112 Å². The number of aliphatic imine (C=N–C) groups is 1. The van der Waals surface area contributed by atoms with E-state index < -0.39 is 84.6 Å². The number of hydrogen-bond donors (Lipinski definition) is 11. The number of rotatable bonds is 11. The Morgan fingerprint density at radius 3 is 2.20 bits per heavy atom. The lowest BCUT2D eigenvalue weighted by molar-refractivity contribution is -0.141. The number of nitrogens with two attached hydrogens (primary N) is 3. The summed E-state index contributed by atoms with van der Waals surface area (Å²) < 4.78 is 0. The van der Waals surface area contributed by atoms with Gasteiger partial charge in [-0.25, -0.2) is 4.98 Å². The van der Waals surface area contributed by atoms with Gasteiger partial charge in [0.15, 0.2) is 11.1 Å². The lowest BCUT2D eigenvalue weighted by Crippen LogP contribution is -2.59. The first-order chi connectivity index (χ1) is 26.5. The number of carbonyl (C=O) groups excluding carboxylic acids is 6. The molecule has 0 spiro atoms. The number of guanidine groups is 1. The zero-order valence-corrected chi connectivity index (χ0v) is 32.5. The van der Waals surface area contributed by atoms with E-state index in [1.54, 1.807) is 5.38 Å². The van der Waals surface area contributed by atoms with Gasteiger partial charge in [0, 0.05) is 29.9 Å². The maximum absolute atomic E-state index is 13.9.